The van der Waals surface area contributed by atoms with Gasteiger partial charge in [-0.05, 0) is 59.1 Å². The molecule has 186 valence electrons. The van der Waals surface area contributed by atoms with Crippen LogP contribution in [0, 0.1) is 0 Å². The van der Waals surface area contributed by atoms with Crippen molar-refractivity contribution >= 4 is 29.5 Å². The van der Waals surface area contributed by atoms with E-state index in [0.717, 1.165) is 43.6 Å². The Kier molecular flexibility index (Phi) is 8.80. The molecule has 1 aliphatic rings. The summed E-state index contributed by atoms with van der Waals surface area (Å²) in [6.07, 6.45) is 7.64. The molecule has 0 amide bonds. The van der Waals surface area contributed by atoms with E-state index in [1.54, 1.807) is 0 Å². The lowest BCUT2D eigenvalue weighted by atomic mass is 10.1. The summed E-state index contributed by atoms with van der Waals surface area (Å²) in [5, 5.41) is 3.00. The first-order valence-corrected chi connectivity index (χ1v) is 16.3. The highest BCUT2D eigenvalue weighted by molar-refractivity contribution is 7.85. The monoisotopic (exact) mass is 504 g/mol. The van der Waals surface area contributed by atoms with Gasteiger partial charge >= 0.3 is 0 Å². The third-order valence-corrected chi connectivity index (χ3v) is 14.3. The minimum absolute atomic E-state index is 0.000484. The smallest absolute Gasteiger partial charge is 0.261 e. The molecule has 1 fully saturated rings. The first-order valence-electron chi connectivity index (χ1n) is 13.2. The number of hydrogen-bond acceptors (Lipinski definition) is 2. The van der Waals surface area contributed by atoms with Crippen molar-refractivity contribution in [3.63, 3.8) is 0 Å². The van der Waals surface area contributed by atoms with Gasteiger partial charge in [0, 0.05) is 16.8 Å². The third kappa shape index (κ3) is 5.87. The molecule has 2 nitrogen and oxygen atoms in total. The number of aryl methyl sites for hydroxylation is 1. The second-order valence-electron chi connectivity index (χ2n) is 10.8. The van der Waals surface area contributed by atoms with Gasteiger partial charge in [-0.3, -0.25) is 4.21 Å². The van der Waals surface area contributed by atoms with Crippen molar-refractivity contribution in [3.8, 4) is 0 Å². The van der Waals surface area contributed by atoms with Crippen molar-refractivity contribution in [2.45, 2.75) is 80.9 Å². The minimum atomic E-state index is -2.47. The van der Waals surface area contributed by atoms with Gasteiger partial charge in [0.2, 0.25) is 0 Å². The number of hydrogen-bond donors (Lipinski definition) is 0. The van der Waals surface area contributed by atoms with Gasteiger partial charge < -0.3 is 4.43 Å². The Hall–Kier alpha value is -2.01. The second-order valence-corrected chi connectivity index (χ2v) is 16.8. The van der Waals surface area contributed by atoms with Gasteiger partial charge in [-0.15, -0.1) is 0 Å². The Labute approximate surface area is 215 Å². The summed E-state index contributed by atoms with van der Waals surface area (Å²) in [7, 11) is -3.35. The van der Waals surface area contributed by atoms with E-state index in [0.29, 0.717) is 5.25 Å². The Bertz CT molecular complexity index is 1050. The van der Waals surface area contributed by atoms with Gasteiger partial charge in [0.15, 0.2) is 0 Å². The van der Waals surface area contributed by atoms with Gasteiger partial charge in [-0.1, -0.05) is 112 Å². The van der Waals surface area contributed by atoms with Gasteiger partial charge in [0.25, 0.3) is 8.32 Å². The van der Waals surface area contributed by atoms with E-state index in [1.807, 2.05) is 6.07 Å². The predicted molar refractivity (Wildman–Crippen MR) is 152 cm³/mol. The molecule has 4 rings (SSSR count). The summed E-state index contributed by atoms with van der Waals surface area (Å²) in [5.41, 5.74) is 1.25. The van der Waals surface area contributed by atoms with Gasteiger partial charge in [-0.2, -0.15) is 0 Å². The van der Waals surface area contributed by atoms with Gasteiger partial charge in [0.1, 0.15) is 0 Å². The summed E-state index contributed by atoms with van der Waals surface area (Å²) in [6, 6.07) is 30.1. The maximum absolute atomic E-state index is 13.2. The zero-order valence-corrected chi connectivity index (χ0v) is 23.4. The fraction of sp³-hybridized carbons (Fsp3) is 0.419. The van der Waals surface area contributed by atoms with Crippen molar-refractivity contribution in [2.75, 3.05) is 6.61 Å². The van der Waals surface area contributed by atoms with Crippen LogP contribution in [-0.4, -0.2) is 24.4 Å². The van der Waals surface area contributed by atoms with Crippen LogP contribution in [0.5, 0.6) is 0 Å². The molecule has 0 radical (unpaired) electrons. The summed E-state index contributed by atoms with van der Waals surface area (Å²) >= 11 is 0. The molecule has 4 heteroatoms. The molecule has 1 atom stereocenters. The molecule has 0 spiro atoms. The van der Waals surface area contributed by atoms with Crippen molar-refractivity contribution in [1.82, 2.24) is 0 Å². The molecule has 1 unspecified atom stereocenters. The minimum Gasteiger partial charge on any atom is -0.407 e. The average molecular weight is 505 g/mol. The average Bonchev–Trinajstić information content (AvgIpc) is 3.42. The van der Waals surface area contributed by atoms with E-state index >= 15 is 0 Å². The molecule has 0 N–H and O–H groups in total. The largest absolute Gasteiger partial charge is 0.407 e. The molecular weight excluding hydrogens is 464 g/mol. The van der Waals surface area contributed by atoms with Crippen LogP contribution >= 0.6 is 0 Å². The summed E-state index contributed by atoms with van der Waals surface area (Å²) < 4.78 is 20.2. The standard InChI is InChI=1S/C31H40O2SSi/c1-31(2,3)35(28-20-6-4-7-21-28,29-22-8-5-9-23-29)33-25-15-14-17-26-16-10-13-24-30(26)34(32)27-18-11-12-19-27/h4-10,13,16,20-24,27H,11-12,14-15,17-19,25H2,1-3H3. The Morgan fingerprint density at radius 3 is 1.91 bits per heavy atom. The molecule has 3 aromatic rings. The molecule has 0 bridgehead atoms. The van der Waals surface area contributed by atoms with Gasteiger partial charge in [0.05, 0.1) is 10.8 Å². The Balaban J connectivity index is 1.47. The van der Waals surface area contributed by atoms with Crippen LogP contribution in [0.3, 0.4) is 0 Å². The molecule has 0 saturated heterocycles. The zero-order chi connectivity index (χ0) is 24.7. The normalized spacial score (nSPS) is 15.9. The molecule has 0 aromatic heterocycles. The summed E-state index contributed by atoms with van der Waals surface area (Å²) in [5.74, 6) is 0. The molecule has 0 heterocycles. The van der Waals surface area contributed by atoms with Crippen molar-refractivity contribution in [3.05, 3.63) is 90.5 Å². The van der Waals surface area contributed by atoms with E-state index in [-0.39, 0.29) is 5.04 Å². The summed E-state index contributed by atoms with van der Waals surface area (Å²) in [4.78, 5) is 1.06. The van der Waals surface area contributed by atoms with Crippen LogP contribution in [0.4, 0.5) is 0 Å². The van der Waals surface area contributed by atoms with Gasteiger partial charge in [-0.25, -0.2) is 0 Å². The van der Waals surface area contributed by atoms with Crippen LogP contribution in [0.25, 0.3) is 0 Å². The van der Waals surface area contributed by atoms with Crippen molar-refractivity contribution in [2.24, 2.45) is 0 Å². The Morgan fingerprint density at radius 1 is 0.800 bits per heavy atom. The lowest BCUT2D eigenvalue weighted by Crippen LogP contribution is -2.66. The SMILES string of the molecule is CC(C)(C)[Si](OCCCCc1ccccc1S(=O)C1CCCC1)(c1ccccc1)c1ccccc1. The molecule has 0 aliphatic heterocycles. The number of unbranched alkanes of at least 4 members (excludes halogenated alkanes) is 1. The third-order valence-electron chi connectivity index (χ3n) is 7.37. The first-order chi connectivity index (χ1) is 16.9. The maximum atomic E-state index is 13.2. The van der Waals surface area contributed by atoms with Crippen LogP contribution < -0.4 is 10.4 Å². The fourth-order valence-electron chi connectivity index (χ4n) is 5.59. The molecular formula is C31H40O2SSi. The number of benzene rings is 3. The number of rotatable bonds is 10. The van der Waals surface area contributed by atoms with Crippen LogP contribution in [0.2, 0.25) is 5.04 Å². The lowest BCUT2D eigenvalue weighted by Gasteiger charge is -2.43. The van der Waals surface area contributed by atoms with Crippen molar-refractivity contribution < 1.29 is 8.63 Å². The lowest BCUT2D eigenvalue weighted by molar-refractivity contribution is 0.288. The van der Waals surface area contributed by atoms with Crippen LogP contribution in [0.15, 0.2) is 89.8 Å². The first kappa shape index (κ1) is 26.1. The van der Waals surface area contributed by atoms with E-state index in [4.69, 9.17) is 4.43 Å². The van der Waals surface area contributed by atoms with E-state index in [9.17, 15) is 4.21 Å². The van der Waals surface area contributed by atoms with Crippen LogP contribution in [0.1, 0.15) is 64.9 Å². The summed E-state index contributed by atoms with van der Waals surface area (Å²) in [6.45, 7) is 7.72. The highest BCUT2D eigenvalue weighted by atomic mass is 32.2. The fourth-order valence-corrected chi connectivity index (χ4v) is 12.0. The van der Waals surface area contributed by atoms with E-state index in [2.05, 4.69) is 99.6 Å². The highest BCUT2D eigenvalue weighted by Crippen LogP contribution is 2.37. The van der Waals surface area contributed by atoms with E-state index in [1.165, 1.54) is 28.8 Å². The quantitative estimate of drug-likeness (QED) is 0.229. The topological polar surface area (TPSA) is 26.3 Å². The highest BCUT2D eigenvalue weighted by Gasteiger charge is 2.49. The Morgan fingerprint density at radius 2 is 1.34 bits per heavy atom. The zero-order valence-electron chi connectivity index (χ0n) is 21.5. The maximum Gasteiger partial charge on any atom is 0.261 e. The van der Waals surface area contributed by atoms with Crippen LogP contribution in [-0.2, 0) is 21.6 Å². The molecule has 1 saturated carbocycles. The molecule has 35 heavy (non-hydrogen) atoms. The molecule has 3 aromatic carbocycles. The predicted octanol–water partition coefficient (Wildman–Crippen LogP) is 6.64. The van der Waals surface area contributed by atoms with Crippen molar-refractivity contribution in [1.29, 1.82) is 0 Å². The van der Waals surface area contributed by atoms with E-state index < -0.39 is 19.1 Å². The molecule has 1 aliphatic carbocycles. The second kappa shape index (κ2) is 11.8.